The van der Waals surface area contributed by atoms with Gasteiger partial charge in [-0.2, -0.15) is 5.10 Å². The first-order valence-electron chi connectivity index (χ1n) is 11.9. The predicted molar refractivity (Wildman–Crippen MR) is 138 cm³/mol. The topological polar surface area (TPSA) is 55.1 Å². The second-order valence-electron chi connectivity index (χ2n) is 9.01. The van der Waals surface area contributed by atoms with Crippen molar-refractivity contribution >= 4 is 23.1 Å². The van der Waals surface area contributed by atoms with Crippen molar-refractivity contribution in [2.45, 2.75) is 40.2 Å². The maximum Gasteiger partial charge on any atom is 0.223 e. The highest BCUT2D eigenvalue weighted by Crippen LogP contribution is 2.35. The molecule has 0 atom stereocenters. The van der Waals surface area contributed by atoms with E-state index in [1.165, 1.54) is 16.3 Å². The Labute approximate surface area is 204 Å². The maximum absolute atomic E-state index is 12.8. The molecule has 34 heavy (non-hydrogen) atoms. The van der Waals surface area contributed by atoms with E-state index >= 15 is 0 Å². The number of para-hydroxylation sites is 1. The fourth-order valence-electron chi connectivity index (χ4n) is 4.91. The lowest BCUT2D eigenvalue weighted by Crippen LogP contribution is -2.41. The van der Waals surface area contributed by atoms with Crippen molar-refractivity contribution in [3.63, 3.8) is 0 Å². The number of nitrogens with zero attached hydrogens (tertiary/aromatic N) is 4. The van der Waals surface area contributed by atoms with E-state index in [1.807, 2.05) is 29.6 Å². The largest absolute Gasteiger partial charge is 0.355 e. The van der Waals surface area contributed by atoms with Crippen LogP contribution in [0.3, 0.4) is 0 Å². The number of nitrogens with one attached hydrogen (secondary N) is 1. The molecule has 1 saturated heterocycles. The predicted octanol–water partition coefficient (Wildman–Crippen LogP) is 5.18. The lowest BCUT2D eigenvalue weighted by Gasteiger charge is -2.34. The zero-order valence-corrected chi connectivity index (χ0v) is 20.8. The highest BCUT2D eigenvalue weighted by Gasteiger charge is 2.30. The molecule has 0 radical (unpaired) electrons. The van der Waals surface area contributed by atoms with Gasteiger partial charge in [0, 0.05) is 35.3 Å². The molecule has 1 aliphatic rings. The number of anilines is 1. The van der Waals surface area contributed by atoms with Gasteiger partial charge in [0.1, 0.15) is 5.69 Å². The minimum Gasteiger partial charge on any atom is -0.355 e. The zero-order chi connectivity index (χ0) is 23.7. The Morgan fingerprint density at radius 3 is 2.35 bits per heavy atom. The van der Waals surface area contributed by atoms with Gasteiger partial charge in [-0.1, -0.05) is 24.3 Å². The third-order valence-corrected chi connectivity index (χ3v) is 7.56. The van der Waals surface area contributed by atoms with Crippen LogP contribution in [0.4, 0.5) is 5.82 Å². The Balaban J connectivity index is 1.42. The molecule has 4 aromatic rings. The monoisotopic (exact) mass is 473 g/mol. The van der Waals surface area contributed by atoms with E-state index in [1.54, 1.807) is 11.3 Å². The van der Waals surface area contributed by atoms with Crippen LogP contribution < -0.4 is 10.2 Å². The van der Waals surface area contributed by atoms with Gasteiger partial charge in [0.25, 0.3) is 0 Å². The van der Waals surface area contributed by atoms with Crippen LogP contribution in [0.25, 0.3) is 11.4 Å². The Hall–Kier alpha value is -3.32. The van der Waals surface area contributed by atoms with Gasteiger partial charge in [0.15, 0.2) is 5.82 Å². The Bertz CT molecular complexity index is 1240. The van der Waals surface area contributed by atoms with Gasteiger partial charge in [0.05, 0.1) is 17.9 Å². The summed E-state index contributed by atoms with van der Waals surface area (Å²) in [5, 5.41) is 10.2. The summed E-state index contributed by atoms with van der Waals surface area (Å²) < 4.78 is 4.37. The molecule has 1 aliphatic heterocycles. The third kappa shape index (κ3) is 4.28. The fourth-order valence-corrected chi connectivity index (χ4v) is 5.55. The van der Waals surface area contributed by atoms with Gasteiger partial charge in [-0.3, -0.25) is 4.79 Å². The number of aryl methyl sites for hydroxylation is 3. The van der Waals surface area contributed by atoms with Gasteiger partial charge in [-0.05, 0) is 69.3 Å². The van der Waals surface area contributed by atoms with Crippen LogP contribution in [-0.2, 0) is 11.3 Å². The number of thiophene rings is 1. The molecule has 1 aromatic carbocycles. The van der Waals surface area contributed by atoms with Crippen molar-refractivity contribution in [2.75, 3.05) is 18.0 Å². The lowest BCUT2D eigenvalue weighted by molar-refractivity contribution is -0.125. The number of aromatic nitrogens is 3. The van der Waals surface area contributed by atoms with E-state index in [0.29, 0.717) is 6.54 Å². The molecule has 1 amide bonds. The quantitative estimate of drug-likeness (QED) is 0.420. The number of piperidine rings is 1. The van der Waals surface area contributed by atoms with Crippen LogP contribution in [0.2, 0.25) is 0 Å². The van der Waals surface area contributed by atoms with E-state index in [0.717, 1.165) is 48.8 Å². The molecule has 0 unspecified atom stereocenters. The van der Waals surface area contributed by atoms with E-state index in [4.69, 9.17) is 5.10 Å². The lowest BCUT2D eigenvalue weighted by atomic mass is 9.95. The number of hydrogen-bond donors (Lipinski definition) is 1. The number of carbonyl (C=O) groups excluding carboxylic acids is 1. The molecule has 4 heterocycles. The minimum absolute atomic E-state index is 0.0453. The standard InChI is InChI=1S/C27H31N5OS/c1-19-11-12-20(2)31(19)25-21(3)29-32(23-8-5-4-6-9-23)27(25)30-15-13-22(14-16-30)26(33)28-18-24-10-7-17-34-24/h4-12,17,22H,13-16,18H2,1-3H3,(H,28,33). The molecule has 0 aliphatic carbocycles. The van der Waals surface area contributed by atoms with Crippen LogP contribution in [0, 0.1) is 26.7 Å². The van der Waals surface area contributed by atoms with Gasteiger partial charge in [-0.25, -0.2) is 4.68 Å². The number of rotatable bonds is 6. The second-order valence-corrected chi connectivity index (χ2v) is 10.0. The summed E-state index contributed by atoms with van der Waals surface area (Å²) in [5.74, 6) is 1.31. The van der Waals surface area contributed by atoms with Gasteiger partial charge in [-0.15, -0.1) is 11.3 Å². The SMILES string of the molecule is Cc1nn(-c2ccccc2)c(N2CCC(C(=O)NCc3cccs3)CC2)c1-n1c(C)ccc1C. The van der Waals surface area contributed by atoms with Crippen LogP contribution >= 0.6 is 11.3 Å². The van der Waals surface area contributed by atoms with Crippen molar-refractivity contribution in [1.29, 1.82) is 0 Å². The summed E-state index contributed by atoms with van der Waals surface area (Å²) in [6, 6.07) is 18.7. The average Bonchev–Trinajstić information content (AvgIpc) is 3.58. The number of benzene rings is 1. The molecule has 5 rings (SSSR count). The smallest absolute Gasteiger partial charge is 0.223 e. The fraction of sp³-hybridized carbons (Fsp3) is 0.333. The summed E-state index contributed by atoms with van der Waals surface area (Å²) in [5.41, 5.74) is 5.56. The molecular formula is C27H31N5OS. The van der Waals surface area contributed by atoms with E-state index in [9.17, 15) is 4.79 Å². The molecule has 0 saturated carbocycles. The van der Waals surface area contributed by atoms with Crippen molar-refractivity contribution in [2.24, 2.45) is 5.92 Å². The molecule has 0 spiro atoms. The molecule has 0 bridgehead atoms. The van der Waals surface area contributed by atoms with Gasteiger partial charge >= 0.3 is 0 Å². The first-order chi connectivity index (χ1) is 16.5. The highest BCUT2D eigenvalue weighted by molar-refractivity contribution is 7.09. The van der Waals surface area contributed by atoms with Gasteiger partial charge < -0.3 is 14.8 Å². The van der Waals surface area contributed by atoms with Crippen molar-refractivity contribution in [3.05, 3.63) is 81.9 Å². The van der Waals surface area contributed by atoms with E-state index < -0.39 is 0 Å². The maximum atomic E-state index is 12.8. The highest BCUT2D eigenvalue weighted by atomic mass is 32.1. The first kappa shape index (κ1) is 22.5. The van der Waals surface area contributed by atoms with Crippen molar-refractivity contribution < 1.29 is 4.79 Å². The number of hydrogen-bond acceptors (Lipinski definition) is 4. The van der Waals surface area contributed by atoms with E-state index in [2.05, 4.69) is 70.6 Å². The minimum atomic E-state index is 0.0453. The summed E-state index contributed by atoms with van der Waals surface area (Å²) in [6.07, 6.45) is 1.66. The Kier molecular flexibility index (Phi) is 6.28. The summed E-state index contributed by atoms with van der Waals surface area (Å²) in [7, 11) is 0. The molecule has 1 N–H and O–H groups in total. The normalized spacial score (nSPS) is 14.5. The van der Waals surface area contributed by atoms with Crippen LogP contribution in [0.1, 0.15) is 34.8 Å². The molecule has 176 valence electrons. The zero-order valence-electron chi connectivity index (χ0n) is 20.0. The molecule has 7 heteroatoms. The third-order valence-electron chi connectivity index (χ3n) is 6.68. The van der Waals surface area contributed by atoms with Crippen molar-refractivity contribution in [3.8, 4) is 11.4 Å². The van der Waals surface area contributed by atoms with Crippen LogP contribution in [0.5, 0.6) is 0 Å². The molecule has 1 fully saturated rings. The number of carbonyl (C=O) groups is 1. The van der Waals surface area contributed by atoms with Crippen LogP contribution in [-0.4, -0.2) is 33.3 Å². The molecule has 6 nitrogen and oxygen atoms in total. The summed E-state index contributed by atoms with van der Waals surface area (Å²) >= 11 is 1.68. The summed E-state index contributed by atoms with van der Waals surface area (Å²) in [4.78, 5) is 16.4. The molecular weight excluding hydrogens is 442 g/mol. The van der Waals surface area contributed by atoms with E-state index in [-0.39, 0.29) is 11.8 Å². The Morgan fingerprint density at radius 1 is 1.00 bits per heavy atom. The average molecular weight is 474 g/mol. The number of amides is 1. The first-order valence-corrected chi connectivity index (χ1v) is 12.8. The van der Waals surface area contributed by atoms with Gasteiger partial charge in [0.2, 0.25) is 5.91 Å². The summed E-state index contributed by atoms with van der Waals surface area (Å²) in [6.45, 7) is 8.62. The Morgan fingerprint density at radius 2 is 1.71 bits per heavy atom. The molecule has 3 aromatic heterocycles. The van der Waals surface area contributed by atoms with Crippen LogP contribution in [0.15, 0.2) is 60.0 Å². The van der Waals surface area contributed by atoms with Crippen molar-refractivity contribution in [1.82, 2.24) is 19.7 Å². The second kappa shape index (κ2) is 9.50.